The van der Waals surface area contributed by atoms with E-state index in [1.807, 2.05) is 18.4 Å². The first-order chi connectivity index (χ1) is 7.44. The highest BCUT2D eigenvalue weighted by molar-refractivity contribution is 7.98. The van der Waals surface area contributed by atoms with Gasteiger partial charge >= 0.3 is 0 Å². The maximum Gasteiger partial charge on any atom is 0.165 e. The van der Waals surface area contributed by atoms with Gasteiger partial charge in [-0.25, -0.2) is 8.42 Å². The number of rotatable bonds is 5. The van der Waals surface area contributed by atoms with E-state index in [1.54, 1.807) is 12.1 Å². The van der Waals surface area contributed by atoms with Gasteiger partial charge in [0.2, 0.25) is 0 Å². The second-order valence-corrected chi connectivity index (χ2v) is 6.61. The van der Waals surface area contributed by atoms with Crippen molar-refractivity contribution in [2.45, 2.75) is 11.3 Å². The number of ketones is 1. The lowest BCUT2D eigenvalue weighted by Crippen LogP contribution is -2.10. The molecule has 16 heavy (non-hydrogen) atoms. The Morgan fingerprint density at radius 3 is 2.50 bits per heavy atom. The molecule has 0 radical (unpaired) electrons. The average molecular weight is 258 g/mol. The van der Waals surface area contributed by atoms with Gasteiger partial charge in [-0.1, -0.05) is 18.2 Å². The van der Waals surface area contributed by atoms with E-state index in [1.165, 1.54) is 11.8 Å². The van der Waals surface area contributed by atoms with Crippen LogP contribution < -0.4 is 0 Å². The molecule has 3 nitrogen and oxygen atoms in total. The molecular weight excluding hydrogens is 244 g/mol. The fraction of sp³-hybridized carbons (Fsp3) is 0.364. The third-order valence-corrected chi connectivity index (χ3v) is 3.85. The molecule has 0 bridgehead atoms. The number of carbonyl (C=O) groups is 1. The highest BCUT2D eigenvalue weighted by Gasteiger charge is 2.12. The first-order valence-electron chi connectivity index (χ1n) is 4.78. The van der Waals surface area contributed by atoms with E-state index in [4.69, 9.17) is 0 Å². The summed E-state index contributed by atoms with van der Waals surface area (Å²) in [5.41, 5.74) is 0.610. The van der Waals surface area contributed by atoms with Gasteiger partial charge < -0.3 is 0 Å². The van der Waals surface area contributed by atoms with Gasteiger partial charge in [0.25, 0.3) is 0 Å². The van der Waals surface area contributed by atoms with Gasteiger partial charge in [0.15, 0.2) is 5.78 Å². The van der Waals surface area contributed by atoms with E-state index in [9.17, 15) is 13.2 Å². The summed E-state index contributed by atoms with van der Waals surface area (Å²) in [4.78, 5) is 12.7. The maximum atomic E-state index is 11.8. The number of Topliss-reactive ketones (excluding diaryl/α,β-unsaturated/α-hetero) is 1. The van der Waals surface area contributed by atoms with E-state index in [0.29, 0.717) is 5.56 Å². The zero-order valence-electron chi connectivity index (χ0n) is 9.26. The molecule has 1 aromatic rings. The molecule has 1 aromatic carbocycles. The van der Waals surface area contributed by atoms with Gasteiger partial charge in [-0.2, -0.15) is 0 Å². The van der Waals surface area contributed by atoms with Crippen LogP contribution in [-0.4, -0.2) is 32.5 Å². The SMILES string of the molecule is CSc1ccccc1C(=O)CCS(C)(=O)=O. The van der Waals surface area contributed by atoms with Crippen LogP contribution in [0.5, 0.6) is 0 Å². The number of sulfone groups is 1. The van der Waals surface area contributed by atoms with E-state index in [-0.39, 0.29) is 18.0 Å². The van der Waals surface area contributed by atoms with Crippen molar-refractivity contribution in [2.24, 2.45) is 0 Å². The van der Waals surface area contributed by atoms with Gasteiger partial charge in [-0.05, 0) is 12.3 Å². The van der Waals surface area contributed by atoms with Crippen molar-refractivity contribution in [2.75, 3.05) is 18.3 Å². The van der Waals surface area contributed by atoms with E-state index < -0.39 is 9.84 Å². The van der Waals surface area contributed by atoms with Crippen LogP contribution in [0.1, 0.15) is 16.8 Å². The summed E-state index contributed by atoms with van der Waals surface area (Å²) < 4.78 is 21.9. The highest BCUT2D eigenvalue weighted by Crippen LogP contribution is 2.21. The van der Waals surface area contributed by atoms with Crippen LogP contribution >= 0.6 is 11.8 Å². The maximum absolute atomic E-state index is 11.8. The van der Waals surface area contributed by atoms with Gasteiger partial charge in [-0.3, -0.25) is 4.79 Å². The van der Waals surface area contributed by atoms with Gasteiger partial charge in [0, 0.05) is 23.1 Å². The fourth-order valence-corrected chi connectivity index (χ4v) is 2.46. The van der Waals surface area contributed by atoms with Gasteiger partial charge in [0.05, 0.1) is 5.75 Å². The van der Waals surface area contributed by atoms with Crippen LogP contribution in [0.4, 0.5) is 0 Å². The van der Waals surface area contributed by atoms with Crippen LogP contribution in [-0.2, 0) is 9.84 Å². The molecule has 1 rings (SSSR count). The number of hydrogen-bond acceptors (Lipinski definition) is 4. The number of thioether (sulfide) groups is 1. The minimum absolute atomic E-state index is 0.0520. The van der Waals surface area contributed by atoms with Gasteiger partial charge in [-0.15, -0.1) is 11.8 Å². The number of hydrogen-bond donors (Lipinski definition) is 0. The fourth-order valence-electron chi connectivity index (χ4n) is 1.29. The minimum atomic E-state index is -3.07. The second kappa shape index (κ2) is 5.50. The summed E-state index contributed by atoms with van der Waals surface area (Å²) in [6, 6.07) is 7.24. The predicted molar refractivity (Wildman–Crippen MR) is 66.9 cm³/mol. The highest BCUT2D eigenvalue weighted by atomic mass is 32.2. The Labute approximate surface area is 100 Å². The molecule has 0 spiro atoms. The van der Waals surface area contributed by atoms with E-state index >= 15 is 0 Å². The summed E-state index contributed by atoms with van der Waals surface area (Å²) >= 11 is 1.49. The molecule has 0 aliphatic carbocycles. The molecular formula is C11H14O3S2. The minimum Gasteiger partial charge on any atom is -0.294 e. The first-order valence-corrected chi connectivity index (χ1v) is 8.06. The summed E-state index contributed by atoms with van der Waals surface area (Å²) in [5.74, 6) is -0.204. The lowest BCUT2D eigenvalue weighted by molar-refractivity contribution is 0.0986. The predicted octanol–water partition coefficient (Wildman–Crippen LogP) is 2.03. The number of carbonyl (C=O) groups excluding carboxylic acids is 1. The second-order valence-electron chi connectivity index (χ2n) is 3.50. The molecule has 0 saturated heterocycles. The van der Waals surface area contributed by atoms with Crippen LogP contribution in [0.3, 0.4) is 0 Å². The monoisotopic (exact) mass is 258 g/mol. The molecule has 0 aromatic heterocycles. The van der Waals surface area contributed by atoms with Crippen molar-refractivity contribution in [3.63, 3.8) is 0 Å². The quantitative estimate of drug-likeness (QED) is 0.599. The molecule has 88 valence electrons. The summed E-state index contributed by atoms with van der Waals surface area (Å²) in [6.07, 6.45) is 3.08. The molecule has 0 N–H and O–H groups in total. The Kier molecular flexibility index (Phi) is 4.56. The summed E-state index contributed by atoms with van der Waals surface area (Å²) in [6.45, 7) is 0. The van der Waals surface area contributed by atoms with Crippen LogP contribution in [0.15, 0.2) is 29.2 Å². The van der Waals surface area contributed by atoms with Gasteiger partial charge in [0.1, 0.15) is 9.84 Å². The summed E-state index contributed by atoms with van der Waals surface area (Å²) in [7, 11) is -3.07. The van der Waals surface area contributed by atoms with Crippen LogP contribution in [0.25, 0.3) is 0 Å². The zero-order chi connectivity index (χ0) is 12.2. The third-order valence-electron chi connectivity index (χ3n) is 2.11. The molecule has 0 aliphatic rings. The van der Waals surface area contributed by atoms with Crippen LogP contribution in [0.2, 0.25) is 0 Å². The van der Waals surface area contributed by atoms with Crippen molar-refractivity contribution in [1.82, 2.24) is 0 Å². The molecule has 0 atom stereocenters. The molecule has 0 saturated carbocycles. The lowest BCUT2D eigenvalue weighted by atomic mass is 10.1. The van der Waals surface area contributed by atoms with E-state index in [2.05, 4.69) is 0 Å². The van der Waals surface area contributed by atoms with Crippen molar-refractivity contribution in [1.29, 1.82) is 0 Å². The van der Waals surface area contributed by atoms with E-state index in [0.717, 1.165) is 11.2 Å². The molecule has 5 heteroatoms. The summed E-state index contributed by atoms with van der Waals surface area (Å²) in [5, 5.41) is 0. The van der Waals surface area contributed by atoms with Crippen LogP contribution in [0, 0.1) is 0 Å². The van der Waals surface area contributed by atoms with Crippen molar-refractivity contribution >= 4 is 27.4 Å². The zero-order valence-corrected chi connectivity index (χ0v) is 10.9. The Morgan fingerprint density at radius 1 is 1.31 bits per heavy atom. The number of benzene rings is 1. The molecule has 0 heterocycles. The molecule has 0 amide bonds. The van der Waals surface area contributed by atoms with Crippen molar-refractivity contribution in [3.05, 3.63) is 29.8 Å². The Balaban J connectivity index is 2.81. The first kappa shape index (κ1) is 13.3. The normalized spacial score (nSPS) is 11.4. The van der Waals surface area contributed by atoms with Crippen molar-refractivity contribution in [3.8, 4) is 0 Å². The Bertz CT molecular complexity index is 478. The lowest BCUT2D eigenvalue weighted by Gasteiger charge is -2.05. The third kappa shape index (κ3) is 3.98. The average Bonchev–Trinajstić information content (AvgIpc) is 2.25. The smallest absolute Gasteiger partial charge is 0.165 e. The molecule has 0 unspecified atom stereocenters. The standard InChI is InChI=1S/C11H14O3S2/c1-15-11-6-4-3-5-9(11)10(12)7-8-16(2,13)14/h3-6H,7-8H2,1-2H3. The van der Waals surface area contributed by atoms with Crippen molar-refractivity contribution < 1.29 is 13.2 Å². The largest absolute Gasteiger partial charge is 0.294 e. The Hall–Kier alpha value is -0.810. The topological polar surface area (TPSA) is 51.2 Å². The molecule has 0 fully saturated rings. The Morgan fingerprint density at radius 2 is 1.94 bits per heavy atom. The molecule has 0 aliphatic heterocycles.